The van der Waals surface area contributed by atoms with Gasteiger partial charge in [0.1, 0.15) is 6.61 Å². The normalized spacial score (nSPS) is 10.9. The molecular formula is C17H19BrFNO. The summed E-state index contributed by atoms with van der Waals surface area (Å²) in [5, 5.41) is 3.37. The summed E-state index contributed by atoms with van der Waals surface area (Å²) in [4.78, 5) is 0. The van der Waals surface area contributed by atoms with E-state index in [4.69, 9.17) is 4.74 Å². The number of benzene rings is 2. The minimum Gasteiger partial charge on any atom is -0.486 e. The first kappa shape index (κ1) is 16.0. The van der Waals surface area contributed by atoms with E-state index in [2.05, 4.69) is 47.2 Å². The van der Waals surface area contributed by atoms with Gasteiger partial charge in [0.15, 0.2) is 11.6 Å². The second kappa shape index (κ2) is 7.57. The summed E-state index contributed by atoms with van der Waals surface area (Å²) in [7, 11) is 0. The van der Waals surface area contributed by atoms with Crippen molar-refractivity contribution in [2.75, 3.05) is 0 Å². The van der Waals surface area contributed by atoms with E-state index in [9.17, 15) is 4.39 Å². The Bertz CT molecular complexity index is 601. The number of nitrogens with one attached hydrogen (secondary N) is 1. The van der Waals surface area contributed by atoms with Crippen molar-refractivity contribution in [2.45, 2.75) is 33.0 Å². The van der Waals surface area contributed by atoms with Crippen molar-refractivity contribution in [3.8, 4) is 5.75 Å². The zero-order chi connectivity index (χ0) is 15.2. The van der Waals surface area contributed by atoms with Crippen molar-refractivity contribution in [2.24, 2.45) is 0 Å². The molecule has 21 heavy (non-hydrogen) atoms. The first-order valence-electron chi connectivity index (χ1n) is 6.93. The largest absolute Gasteiger partial charge is 0.486 e. The highest BCUT2D eigenvalue weighted by Gasteiger charge is 2.05. The highest BCUT2D eigenvalue weighted by atomic mass is 79.9. The maximum Gasteiger partial charge on any atom is 0.165 e. The molecule has 2 rings (SSSR count). The van der Waals surface area contributed by atoms with E-state index >= 15 is 0 Å². The number of rotatable bonds is 6. The van der Waals surface area contributed by atoms with Crippen LogP contribution in [0, 0.1) is 5.82 Å². The molecule has 0 heterocycles. The summed E-state index contributed by atoms with van der Waals surface area (Å²) in [5.41, 5.74) is 2.22. The molecule has 0 saturated heterocycles. The lowest BCUT2D eigenvalue weighted by Gasteiger charge is -2.11. The average Bonchev–Trinajstić information content (AvgIpc) is 2.46. The SMILES string of the molecule is CC(C)NCc1cccc(COc2cc(Br)ccc2F)c1. The van der Waals surface area contributed by atoms with Gasteiger partial charge in [-0.15, -0.1) is 0 Å². The molecule has 0 aliphatic rings. The molecule has 0 aliphatic heterocycles. The smallest absolute Gasteiger partial charge is 0.165 e. The van der Waals surface area contributed by atoms with Crippen LogP contribution < -0.4 is 10.1 Å². The van der Waals surface area contributed by atoms with Gasteiger partial charge in [-0.05, 0) is 29.3 Å². The van der Waals surface area contributed by atoms with Crippen LogP contribution in [0.2, 0.25) is 0 Å². The lowest BCUT2D eigenvalue weighted by molar-refractivity contribution is 0.290. The van der Waals surface area contributed by atoms with Crippen LogP contribution in [0.3, 0.4) is 0 Å². The summed E-state index contributed by atoms with van der Waals surface area (Å²) in [6.45, 7) is 5.39. The molecule has 2 aromatic carbocycles. The van der Waals surface area contributed by atoms with E-state index in [0.29, 0.717) is 12.6 Å². The van der Waals surface area contributed by atoms with Gasteiger partial charge in [0.25, 0.3) is 0 Å². The molecular weight excluding hydrogens is 333 g/mol. The van der Waals surface area contributed by atoms with Gasteiger partial charge in [-0.1, -0.05) is 54.0 Å². The third-order valence-corrected chi connectivity index (χ3v) is 3.49. The summed E-state index contributed by atoms with van der Waals surface area (Å²) >= 11 is 3.31. The Morgan fingerprint density at radius 2 is 1.90 bits per heavy atom. The van der Waals surface area contributed by atoms with Crippen LogP contribution in [-0.2, 0) is 13.2 Å². The molecule has 0 aliphatic carbocycles. The number of hydrogen-bond donors (Lipinski definition) is 1. The van der Waals surface area contributed by atoms with Gasteiger partial charge >= 0.3 is 0 Å². The summed E-state index contributed by atoms with van der Waals surface area (Å²) in [6, 6.07) is 13.2. The van der Waals surface area contributed by atoms with E-state index < -0.39 is 0 Å². The molecule has 2 aromatic rings. The summed E-state index contributed by atoms with van der Waals surface area (Å²) in [6.07, 6.45) is 0. The van der Waals surface area contributed by atoms with Crippen LogP contribution in [0.4, 0.5) is 4.39 Å². The van der Waals surface area contributed by atoms with Crippen LogP contribution in [-0.4, -0.2) is 6.04 Å². The fourth-order valence-corrected chi connectivity index (χ4v) is 2.24. The van der Waals surface area contributed by atoms with E-state index in [1.165, 1.54) is 11.6 Å². The zero-order valence-corrected chi connectivity index (χ0v) is 13.8. The van der Waals surface area contributed by atoms with Gasteiger partial charge in [0.2, 0.25) is 0 Å². The first-order chi connectivity index (χ1) is 10.0. The van der Waals surface area contributed by atoms with E-state index in [-0.39, 0.29) is 11.6 Å². The van der Waals surface area contributed by atoms with E-state index in [0.717, 1.165) is 16.6 Å². The van der Waals surface area contributed by atoms with E-state index in [1.807, 2.05) is 12.1 Å². The molecule has 0 saturated carbocycles. The highest BCUT2D eigenvalue weighted by molar-refractivity contribution is 9.10. The lowest BCUT2D eigenvalue weighted by atomic mass is 10.1. The summed E-state index contributed by atoms with van der Waals surface area (Å²) < 4.78 is 20.0. The molecule has 0 fully saturated rings. The van der Waals surface area contributed by atoms with Crippen LogP contribution >= 0.6 is 15.9 Å². The Morgan fingerprint density at radius 1 is 1.14 bits per heavy atom. The van der Waals surface area contributed by atoms with Gasteiger partial charge in [-0.3, -0.25) is 0 Å². The Hall–Kier alpha value is -1.39. The van der Waals surface area contributed by atoms with Gasteiger partial charge < -0.3 is 10.1 Å². The first-order valence-corrected chi connectivity index (χ1v) is 7.73. The predicted molar refractivity (Wildman–Crippen MR) is 86.8 cm³/mol. The molecule has 0 bridgehead atoms. The Morgan fingerprint density at radius 3 is 2.67 bits per heavy atom. The molecule has 0 radical (unpaired) electrons. The van der Waals surface area contributed by atoms with Crippen molar-refractivity contribution in [1.29, 1.82) is 0 Å². The minimum atomic E-state index is -0.351. The van der Waals surface area contributed by atoms with Crippen LogP contribution in [0.25, 0.3) is 0 Å². The van der Waals surface area contributed by atoms with Gasteiger partial charge in [-0.25, -0.2) is 4.39 Å². The monoisotopic (exact) mass is 351 g/mol. The van der Waals surface area contributed by atoms with Crippen molar-refractivity contribution < 1.29 is 9.13 Å². The fourth-order valence-electron chi connectivity index (χ4n) is 1.90. The zero-order valence-electron chi connectivity index (χ0n) is 12.2. The third-order valence-electron chi connectivity index (χ3n) is 2.99. The van der Waals surface area contributed by atoms with Crippen LogP contribution in [0.1, 0.15) is 25.0 Å². The number of hydrogen-bond acceptors (Lipinski definition) is 2. The van der Waals surface area contributed by atoms with Crippen LogP contribution in [0.15, 0.2) is 46.9 Å². The average molecular weight is 352 g/mol. The van der Waals surface area contributed by atoms with Crippen molar-refractivity contribution >= 4 is 15.9 Å². The Balaban J connectivity index is 1.99. The second-order valence-corrected chi connectivity index (χ2v) is 6.13. The Kier molecular flexibility index (Phi) is 5.76. The molecule has 2 nitrogen and oxygen atoms in total. The van der Waals surface area contributed by atoms with Crippen molar-refractivity contribution in [3.05, 3.63) is 63.9 Å². The maximum atomic E-state index is 13.6. The van der Waals surface area contributed by atoms with Crippen molar-refractivity contribution in [3.63, 3.8) is 0 Å². The predicted octanol–water partition coefficient (Wildman–Crippen LogP) is 4.67. The number of ether oxygens (including phenoxy) is 1. The van der Waals surface area contributed by atoms with Crippen LogP contribution in [0.5, 0.6) is 5.75 Å². The topological polar surface area (TPSA) is 21.3 Å². The minimum absolute atomic E-state index is 0.259. The second-order valence-electron chi connectivity index (χ2n) is 5.22. The standard InChI is InChI=1S/C17H19BrFNO/c1-12(2)20-10-13-4-3-5-14(8-13)11-21-17-9-15(18)6-7-16(17)19/h3-9,12,20H,10-11H2,1-2H3. The number of halogens is 2. The highest BCUT2D eigenvalue weighted by Crippen LogP contribution is 2.23. The van der Waals surface area contributed by atoms with Crippen molar-refractivity contribution in [1.82, 2.24) is 5.32 Å². The van der Waals surface area contributed by atoms with Gasteiger partial charge in [0.05, 0.1) is 0 Å². The molecule has 0 unspecified atom stereocenters. The molecule has 1 N–H and O–H groups in total. The molecule has 0 atom stereocenters. The molecule has 4 heteroatoms. The molecule has 0 spiro atoms. The lowest BCUT2D eigenvalue weighted by Crippen LogP contribution is -2.21. The fraction of sp³-hybridized carbons (Fsp3) is 0.294. The maximum absolute atomic E-state index is 13.6. The third kappa shape index (κ3) is 5.14. The molecule has 0 amide bonds. The quantitative estimate of drug-likeness (QED) is 0.816. The Labute approximate surface area is 133 Å². The molecule has 112 valence electrons. The van der Waals surface area contributed by atoms with Gasteiger partial charge in [-0.2, -0.15) is 0 Å². The van der Waals surface area contributed by atoms with Gasteiger partial charge in [0, 0.05) is 17.1 Å². The summed E-state index contributed by atoms with van der Waals surface area (Å²) in [5.74, 6) is -0.0917. The molecule has 0 aromatic heterocycles. The van der Waals surface area contributed by atoms with E-state index in [1.54, 1.807) is 12.1 Å².